The molecule has 108 valence electrons. The van der Waals surface area contributed by atoms with Gasteiger partial charge in [0.05, 0.1) is 6.26 Å². The first kappa shape index (κ1) is 14.6. The second kappa shape index (κ2) is 5.70. The normalized spacial score (nSPS) is 13.2. The molecule has 1 N–H and O–H groups in total. The van der Waals surface area contributed by atoms with Gasteiger partial charge in [-0.3, -0.25) is 0 Å². The van der Waals surface area contributed by atoms with Crippen LogP contribution in [-0.2, 0) is 12.6 Å². The molecule has 1 atom stereocenters. The van der Waals surface area contributed by atoms with Crippen molar-refractivity contribution >= 4 is 17.4 Å². The molecule has 0 aliphatic rings. The summed E-state index contributed by atoms with van der Waals surface area (Å²) in [5.41, 5.74) is 0. The first-order chi connectivity index (χ1) is 9.34. The van der Waals surface area contributed by atoms with E-state index in [1.807, 2.05) is 0 Å². The molecule has 2 rings (SSSR count). The van der Waals surface area contributed by atoms with Gasteiger partial charge in [-0.25, -0.2) is 9.97 Å². The van der Waals surface area contributed by atoms with E-state index in [9.17, 15) is 13.2 Å². The Morgan fingerprint density at radius 3 is 2.75 bits per heavy atom. The van der Waals surface area contributed by atoms with E-state index in [0.29, 0.717) is 6.42 Å². The number of hydrogen-bond acceptors (Lipinski definition) is 4. The third-order valence-corrected chi connectivity index (χ3v) is 2.62. The maximum absolute atomic E-state index is 12.6. The molecular formula is C12H11ClF3N3O. The summed E-state index contributed by atoms with van der Waals surface area (Å²) in [5, 5.41) is 2.57. The number of nitrogens with one attached hydrogen (secondary N) is 1. The average Bonchev–Trinajstić information content (AvgIpc) is 2.79. The zero-order valence-corrected chi connectivity index (χ0v) is 11.2. The van der Waals surface area contributed by atoms with Crippen LogP contribution in [0.4, 0.5) is 19.0 Å². The van der Waals surface area contributed by atoms with Gasteiger partial charge in [-0.15, -0.1) is 0 Å². The van der Waals surface area contributed by atoms with Crippen molar-refractivity contribution in [1.29, 1.82) is 0 Å². The minimum absolute atomic E-state index is 0.0244. The van der Waals surface area contributed by atoms with Crippen molar-refractivity contribution in [2.24, 2.45) is 0 Å². The van der Waals surface area contributed by atoms with Crippen LogP contribution in [0.5, 0.6) is 0 Å². The molecule has 0 aromatic carbocycles. The third kappa shape index (κ3) is 3.86. The highest BCUT2D eigenvalue weighted by Gasteiger charge is 2.35. The number of anilines is 1. The van der Waals surface area contributed by atoms with Crippen molar-refractivity contribution < 1.29 is 17.6 Å². The zero-order valence-electron chi connectivity index (χ0n) is 10.4. The van der Waals surface area contributed by atoms with Gasteiger partial charge in [0.2, 0.25) is 5.82 Å². The summed E-state index contributed by atoms with van der Waals surface area (Å²) < 4.78 is 42.9. The number of halogens is 4. The Balaban J connectivity index is 2.11. The molecule has 20 heavy (non-hydrogen) atoms. The Hall–Kier alpha value is -1.76. The minimum atomic E-state index is -4.63. The summed E-state index contributed by atoms with van der Waals surface area (Å²) in [5.74, 6) is -0.518. The molecule has 2 heterocycles. The summed E-state index contributed by atoms with van der Waals surface area (Å²) >= 11 is 5.57. The quantitative estimate of drug-likeness (QED) is 0.873. The second-order valence-corrected chi connectivity index (χ2v) is 4.61. The predicted octanol–water partition coefficient (Wildman–Crippen LogP) is 3.78. The summed E-state index contributed by atoms with van der Waals surface area (Å²) in [4.78, 5) is 6.57. The fourth-order valence-electron chi connectivity index (χ4n) is 1.65. The molecule has 0 aliphatic carbocycles. The van der Waals surface area contributed by atoms with E-state index < -0.39 is 12.0 Å². The molecule has 1 unspecified atom stereocenters. The van der Waals surface area contributed by atoms with Crippen molar-refractivity contribution in [3.05, 3.63) is 41.2 Å². The van der Waals surface area contributed by atoms with E-state index in [-0.39, 0.29) is 17.0 Å². The number of furan rings is 1. The zero-order chi connectivity index (χ0) is 14.8. The van der Waals surface area contributed by atoms with Crippen molar-refractivity contribution in [2.45, 2.75) is 25.6 Å². The second-order valence-electron chi connectivity index (χ2n) is 4.23. The van der Waals surface area contributed by atoms with Gasteiger partial charge < -0.3 is 9.73 Å². The monoisotopic (exact) mass is 305 g/mol. The van der Waals surface area contributed by atoms with Crippen LogP contribution < -0.4 is 5.32 Å². The number of rotatable bonds is 4. The topological polar surface area (TPSA) is 51.0 Å². The molecule has 0 saturated carbocycles. The van der Waals surface area contributed by atoms with Gasteiger partial charge in [0, 0.05) is 18.5 Å². The molecular weight excluding hydrogens is 295 g/mol. The Kier molecular flexibility index (Phi) is 4.17. The van der Waals surface area contributed by atoms with E-state index in [4.69, 9.17) is 16.0 Å². The number of aromatic nitrogens is 2. The van der Waals surface area contributed by atoms with Crippen LogP contribution in [0, 0.1) is 0 Å². The fraction of sp³-hybridized carbons (Fsp3) is 0.333. The van der Waals surface area contributed by atoms with Crippen LogP contribution in [0.2, 0.25) is 5.15 Å². The fourth-order valence-corrected chi connectivity index (χ4v) is 1.84. The number of nitrogens with zero attached hydrogens (tertiary/aromatic N) is 2. The molecule has 4 nitrogen and oxygen atoms in total. The highest BCUT2D eigenvalue weighted by molar-refractivity contribution is 6.29. The molecule has 8 heteroatoms. The molecule has 0 amide bonds. The van der Waals surface area contributed by atoms with Crippen molar-refractivity contribution in [1.82, 2.24) is 9.97 Å². The van der Waals surface area contributed by atoms with Crippen LogP contribution in [0.25, 0.3) is 0 Å². The summed E-state index contributed by atoms with van der Waals surface area (Å²) in [6.45, 7) is 1.80. The highest BCUT2D eigenvalue weighted by Crippen LogP contribution is 2.28. The lowest BCUT2D eigenvalue weighted by Gasteiger charge is -2.14. The van der Waals surface area contributed by atoms with E-state index in [0.717, 1.165) is 5.76 Å². The Bertz CT molecular complexity index is 572. The molecule has 2 aromatic rings. The maximum atomic E-state index is 12.6. The van der Waals surface area contributed by atoms with Crippen LogP contribution >= 0.6 is 11.6 Å². The number of alkyl halides is 3. The van der Waals surface area contributed by atoms with E-state index in [2.05, 4.69) is 15.3 Å². The average molecular weight is 306 g/mol. The van der Waals surface area contributed by atoms with Crippen LogP contribution in [-0.4, -0.2) is 16.0 Å². The lowest BCUT2D eigenvalue weighted by molar-refractivity contribution is -0.144. The molecule has 0 saturated heterocycles. The molecule has 0 fully saturated rings. The molecule has 0 spiro atoms. The maximum Gasteiger partial charge on any atom is 0.451 e. The summed E-state index contributed by atoms with van der Waals surface area (Å²) in [7, 11) is 0. The van der Waals surface area contributed by atoms with Gasteiger partial charge in [-0.1, -0.05) is 11.6 Å². The van der Waals surface area contributed by atoms with E-state index >= 15 is 0 Å². The van der Waals surface area contributed by atoms with Gasteiger partial charge in [-0.2, -0.15) is 13.2 Å². The van der Waals surface area contributed by atoms with Gasteiger partial charge in [-0.05, 0) is 19.1 Å². The van der Waals surface area contributed by atoms with Gasteiger partial charge in [0.1, 0.15) is 16.7 Å². The Morgan fingerprint density at radius 2 is 2.15 bits per heavy atom. The predicted molar refractivity (Wildman–Crippen MR) is 67.5 cm³/mol. The van der Waals surface area contributed by atoms with Crippen molar-refractivity contribution in [3.8, 4) is 0 Å². The third-order valence-electron chi connectivity index (χ3n) is 2.43. The van der Waals surface area contributed by atoms with E-state index in [1.165, 1.54) is 12.3 Å². The van der Waals surface area contributed by atoms with Crippen molar-refractivity contribution in [2.75, 3.05) is 5.32 Å². The number of hydrogen-bond donors (Lipinski definition) is 1. The standard InChI is InChI=1S/C12H11ClF3N3O/c1-7(5-8-3-2-4-20-8)17-10-6-9(13)18-11(19-10)12(14,15)16/h2-4,6-7H,5H2,1H3,(H,17,18,19). The van der Waals surface area contributed by atoms with Crippen LogP contribution in [0.1, 0.15) is 18.5 Å². The smallest absolute Gasteiger partial charge is 0.451 e. The molecule has 0 bridgehead atoms. The highest BCUT2D eigenvalue weighted by atomic mass is 35.5. The largest absolute Gasteiger partial charge is 0.469 e. The first-order valence-electron chi connectivity index (χ1n) is 5.75. The SMILES string of the molecule is CC(Cc1ccco1)Nc1cc(Cl)nc(C(F)(F)F)n1. The summed E-state index contributed by atoms with van der Waals surface area (Å²) in [6.07, 6.45) is -2.59. The lowest BCUT2D eigenvalue weighted by atomic mass is 10.2. The molecule has 2 aromatic heterocycles. The van der Waals surface area contributed by atoms with Gasteiger partial charge in [0.25, 0.3) is 0 Å². The van der Waals surface area contributed by atoms with E-state index in [1.54, 1.807) is 19.1 Å². The van der Waals surface area contributed by atoms with Crippen LogP contribution in [0.15, 0.2) is 28.9 Å². The summed E-state index contributed by atoms with van der Waals surface area (Å²) in [6, 6.07) is 4.60. The van der Waals surface area contributed by atoms with Crippen LogP contribution in [0.3, 0.4) is 0 Å². The molecule has 0 radical (unpaired) electrons. The van der Waals surface area contributed by atoms with Gasteiger partial charge in [0.15, 0.2) is 0 Å². The minimum Gasteiger partial charge on any atom is -0.469 e. The Labute approximate surface area is 118 Å². The first-order valence-corrected chi connectivity index (χ1v) is 6.13. The Morgan fingerprint density at radius 1 is 1.40 bits per heavy atom. The molecule has 0 aliphatic heterocycles. The van der Waals surface area contributed by atoms with Gasteiger partial charge >= 0.3 is 6.18 Å². The van der Waals surface area contributed by atoms with Crippen molar-refractivity contribution in [3.63, 3.8) is 0 Å². The lowest BCUT2D eigenvalue weighted by Crippen LogP contribution is -2.20.